The highest BCUT2D eigenvalue weighted by atomic mass is 32.1. The molecule has 3 heterocycles. The first-order valence-corrected chi connectivity index (χ1v) is 11.9. The first kappa shape index (κ1) is 21.7. The summed E-state index contributed by atoms with van der Waals surface area (Å²) in [6, 6.07) is -0.332. The molecular formula is C21H29N5O4S. The van der Waals surface area contributed by atoms with Crippen molar-refractivity contribution in [1.82, 2.24) is 25.0 Å². The molecule has 9 nitrogen and oxygen atoms in total. The lowest BCUT2D eigenvalue weighted by Crippen LogP contribution is -2.51. The van der Waals surface area contributed by atoms with Crippen LogP contribution in [0, 0.1) is 6.92 Å². The van der Waals surface area contributed by atoms with Gasteiger partial charge in [-0.05, 0) is 26.2 Å². The first-order chi connectivity index (χ1) is 14.9. The largest absolute Gasteiger partial charge is 0.339 e. The van der Waals surface area contributed by atoms with Crippen LogP contribution < -0.4 is 5.32 Å². The molecule has 4 rings (SSSR count). The van der Waals surface area contributed by atoms with Gasteiger partial charge in [0.25, 0.3) is 5.91 Å². The van der Waals surface area contributed by atoms with Crippen molar-refractivity contribution in [3.63, 3.8) is 0 Å². The van der Waals surface area contributed by atoms with Crippen LogP contribution in [0.15, 0.2) is 5.38 Å². The molecule has 0 bridgehead atoms. The van der Waals surface area contributed by atoms with Crippen LogP contribution in [0.1, 0.15) is 49.2 Å². The van der Waals surface area contributed by atoms with E-state index in [2.05, 4.69) is 10.3 Å². The Morgan fingerprint density at radius 2 is 1.74 bits per heavy atom. The molecule has 2 aliphatic heterocycles. The standard InChI is InChI=1S/C21H29N5O4S/c1-15-14-31-16(22-15)13-18(28)25-11-9-24(10-12-25)17(27)5-4-8-26-19(29)21(23-20(26)30)6-2-3-7-21/h14H,2-13H2,1H3,(H,23,30). The average molecular weight is 448 g/mol. The van der Waals surface area contributed by atoms with Crippen molar-refractivity contribution in [3.8, 4) is 0 Å². The van der Waals surface area contributed by atoms with Gasteiger partial charge < -0.3 is 15.1 Å². The Kier molecular flexibility index (Phi) is 6.27. The molecule has 3 fully saturated rings. The number of piperazine rings is 1. The minimum absolute atomic E-state index is 0.00489. The second-order valence-corrected chi connectivity index (χ2v) is 9.54. The average Bonchev–Trinajstić information content (AvgIpc) is 3.45. The summed E-state index contributed by atoms with van der Waals surface area (Å²) in [7, 11) is 0. The number of rotatable bonds is 6. The van der Waals surface area contributed by atoms with Gasteiger partial charge in [0.1, 0.15) is 10.5 Å². The molecule has 31 heavy (non-hydrogen) atoms. The Morgan fingerprint density at radius 1 is 1.10 bits per heavy atom. The van der Waals surface area contributed by atoms with Crippen molar-refractivity contribution >= 4 is 35.1 Å². The summed E-state index contributed by atoms with van der Waals surface area (Å²) in [4.78, 5) is 59.1. The fourth-order valence-electron chi connectivity index (χ4n) is 4.67. The van der Waals surface area contributed by atoms with Gasteiger partial charge in [0.05, 0.1) is 6.42 Å². The lowest BCUT2D eigenvalue weighted by Gasteiger charge is -2.34. The third-order valence-electron chi connectivity index (χ3n) is 6.43. The predicted octanol–water partition coefficient (Wildman–Crippen LogP) is 1.31. The Morgan fingerprint density at radius 3 is 2.35 bits per heavy atom. The number of nitrogens with one attached hydrogen (secondary N) is 1. The van der Waals surface area contributed by atoms with Gasteiger partial charge in [-0.2, -0.15) is 0 Å². The van der Waals surface area contributed by atoms with E-state index < -0.39 is 5.54 Å². The van der Waals surface area contributed by atoms with Gasteiger partial charge in [-0.3, -0.25) is 19.3 Å². The summed E-state index contributed by atoms with van der Waals surface area (Å²) < 4.78 is 0. The van der Waals surface area contributed by atoms with E-state index in [-0.39, 0.29) is 36.7 Å². The predicted molar refractivity (Wildman–Crippen MR) is 114 cm³/mol. The number of amides is 5. The molecule has 5 amide bonds. The Balaban J connectivity index is 1.19. The second kappa shape index (κ2) is 8.94. The number of aromatic nitrogens is 1. The number of carbonyl (C=O) groups excluding carboxylic acids is 4. The number of carbonyl (C=O) groups is 4. The van der Waals surface area contributed by atoms with Crippen molar-refractivity contribution in [3.05, 3.63) is 16.1 Å². The van der Waals surface area contributed by atoms with Crippen LogP contribution >= 0.6 is 11.3 Å². The topological polar surface area (TPSA) is 103 Å². The van der Waals surface area contributed by atoms with E-state index >= 15 is 0 Å². The molecule has 0 unspecified atom stereocenters. The van der Waals surface area contributed by atoms with Crippen molar-refractivity contribution in [1.29, 1.82) is 0 Å². The summed E-state index contributed by atoms with van der Waals surface area (Å²) in [6.45, 7) is 4.23. The van der Waals surface area contributed by atoms with Gasteiger partial charge >= 0.3 is 6.03 Å². The van der Waals surface area contributed by atoms with Gasteiger partial charge in [-0.1, -0.05) is 12.8 Å². The molecule has 168 valence electrons. The number of urea groups is 1. The lowest BCUT2D eigenvalue weighted by molar-refractivity contribution is -0.139. The van der Waals surface area contributed by atoms with E-state index in [9.17, 15) is 19.2 Å². The van der Waals surface area contributed by atoms with Crippen LogP contribution in [0.4, 0.5) is 4.79 Å². The van der Waals surface area contributed by atoms with Crippen molar-refractivity contribution in [2.24, 2.45) is 0 Å². The van der Waals surface area contributed by atoms with E-state index in [4.69, 9.17) is 0 Å². The van der Waals surface area contributed by atoms with E-state index in [1.807, 2.05) is 12.3 Å². The Hall–Kier alpha value is -2.49. The summed E-state index contributed by atoms with van der Waals surface area (Å²) >= 11 is 1.49. The molecule has 0 radical (unpaired) electrons. The van der Waals surface area contributed by atoms with Crippen LogP contribution in [-0.2, 0) is 20.8 Å². The molecule has 0 atom stereocenters. The molecule has 1 aliphatic carbocycles. The van der Waals surface area contributed by atoms with Gasteiger partial charge in [0.2, 0.25) is 11.8 Å². The highest BCUT2D eigenvalue weighted by Crippen LogP contribution is 2.35. The maximum Gasteiger partial charge on any atom is 0.325 e. The van der Waals surface area contributed by atoms with Gasteiger partial charge in [-0.15, -0.1) is 11.3 Å². The smallest absolute Gasteiger partial charge is 0.325 e. The van der Waals surface area contributed by atoms with E-state index in [0.717, 1.165) is 23.5 Å². The quantitative estimate of drug-likeness (QED) is 0.663. The zero-order chi connectivity index (χ0) is 22.0. The summed E-state index contributed by atoms with van der Waals surface area (Å²) in [5, 5.41) is 5.62. The van der Waals surface area contributed by atoms with Crippen molar-refractivity contribution < 1.29 is 19.2 Å². The third kappa shape index (κ3) is 4.58. The molecule has 10 heteroatoms. The Labute approximate surface area is 185 Å². The number of thiazole rings is 1. The first-order valence-electron chi connectivity index (χ1n) is 11.0. The number of nitrogens with zero attached hydrogens (tertiary/aromatic N) is 4. The second-order valence-electron chi connectivity index (χ2n) is 8.60. The fourth-order valence-corrected chi connectivity index (χ4v) is 5.44. The van der Waals surface area contributed by atoms with Crippen LogP contribution in [-0.4, -0.2) is 81.7 Å². The number of hydrogen-bond donors (Lipinski definition) is 1. The maximum atomic E-state index is 12.7. The zero-order valence-electron chi connectivity index (χ0n) is 17.9. The molecule has 2 saturated heterocycles. The Bertz CT molecular complexity index is 871. The fraction of sp³-hybridized carbons (Fsp3) is 0.667. The van der Waals surface area contributed by atoms with Crippen LogP contribution in [0.3, 0.4) is 0 Å². The molecule has 1 aromatic heterocycles. The normalized spacial score (nSPS) is 20.6. The van der Waals surface area contributed by atoms with Crippen LogP contribution in [0.5, 0.6) is 0 Å². The summed E-state index contributed by atoms with van der Waals surface area (Å²) in [5.41, 5.74) is 0.233. The van der Waals surface area contributed by atoms with Gasteiger partial charge in [-0.25, -0.2) is 9.78 Å². The summed E-state index contributed by atoms with van der Waals surface area (Å²) in [6.07, 6.45) is 4.37. The highest BCUT2D eigenvalue weighted by Gasteiger charge is 2.52. The van der Waals surface area contributed by atoms with Crippen molar-refractivity contribution in [2.45, 2.75) is 57.4 Å². The molecule has 1 saturated carbocycles. The molecule has 0 aromatic carbocycles. The third-order valence-corrected chi connectivity index (χ3v) is 7.40. The van der Waals surface area contributed by atoms with Crippen molar-refractivity contribution in [2.75, 3.05) is 32.7 Å². The maximum absolute atomic E-state index is 12.7. The van der Waals surface area contributed by atoms with Crippen LogP contribution in [0.25, 0.3) is 0 Å². The van der Waals surface area contributed by atoms with Gasteiger partial charge in [0.15, 0.2) is 0 Å². The lowest BCUT2D eigenvalue weighted by atomic mass is 9.98. The summed E-state index contributed by atoms with van der Waals surface area (Å²) in [5.74, 6) is -0.0869. The van der Waals surface area contributed by atoms with Crippen LogP contribution in [0.2, 0.25) is 0 Å². The number of imide groups is 1. The SMILES string of the molecule is Cc1csc(CC(=O)N2CCN(C(=O)CCCN3C(=O)NC4(CCCC4)C3=O)CC2)n1. The zero-order valence-corrected chi connectivity index (χ0v) is 18.7. The highest BCUT2D eigenvalue weighted by molar-refractivity contribution is 7.09. The van der Waals surface area contributed by atoms with E-state index in [1.165, 1.54) is 16.2 Å². The molecular weight excluding hydrogens is 418 g/mol. The number of aryl methyl sites for hydroxylation is 1. The van der Waals surface area contributed by atoms with E-state index in [1.54, 1.807) is 9.80 Å². The monoisotopic (exact) mass is 447 g/mol. The minimum Gasteiger partial charge on any atom is -0.339 e. The minimum atomic E-state index is -0.693. The molecule has 1 aromatic rings. The van der Waals surface area contributed by atoms with Gasteiger partial charge in [0, 0.05) is 50.2 Å². The molecule has 1 spiro atoms. The van der Waals surface area contributed by atoms with E-state index in [0.29, 0.717) is 51.9 Å². The molecule has 3 aliphatic rings. The molecule has 1 N–H and O–H groups in total. The number of hydrogen-bond acceptors (Lipinski definition) is 6.